The van der Waals surface area contributed by atoms with Crippen molar-refractivity contribution in [3.8, 4) is 0 Å². The van der Waals surface area contributed by atoms with E-state index in [2.05, 4.69) is 90.1 Å². The third-order valence-corrected chi connectivity index (χ3v) is 6.98. The first-order valence-electron chi connectivity index (χ1n) is 15.1. The number of rotatable bonds is 14. The van der Waals surface area contributed by atoms with Gasteiger partial charge in [0.2, 0.25) is 11.4 Å². The molecular weight excluding hydrogens is 567 g/mol. The normalized spacial score (nSPS) is 12.5. The van der Waals surface area contributed by atoms with Gasteiger partial charge in [0.1, 0.15) is 0 Å². The number of hydrogen-bond acceptors (Lipinski definition) is 0. The standard InChI is InChI=1S/C32H44N2.2C2H5.Pd/c1-5-8-11-13-22-30-29(21-10-7-3)32(28-20-15-18-26(24-28)17-12-9-6-2)34(33)31(30)27-19-14-16-25(4)23-27;2*1-2;/h14-16,18-20,23-24H,5-13,17,21-22H2,1-4H3;2*1H2,2H3;/q;2*-1;+2. The Morgan fingerprint density at radius 3 is 1.67 bits per heavy atom. The molecule has 0 saturated carbocycles. The van der Waals surface area contributed by atoms with Gasteiger partial charge in [0.15, 0.2) is 0 Å². The zero-order valence-corrected chi connectivity index (χ0v) is 27.3. The molecule has 2 aromatic rings. The van der Waals surface area contributed by atoms with Gasteiger partial charge in [0.25, 0.3) is 0 Å². The van der Waals surface area contributed by atoms with Crippen LogP contribution in [0.15, 0.2) is 59.7 Å². The second-order valence-electron chi connectivity index (χ2n) is 9.91. The molecule has 0 N–H and O–H groups in total. The summed E-state index contributed by atoms with van der Waals surface area (Å²) >= 11 is 0. The minimum absolute atomic E-state index is 0. The zero-order chi connectivity index (χ0) is 28.3. The molecule has 0 spiro atoms. The van der Waals surface area contributed by atoms with E-state index in [1.54, 1.807) is 13.8 Å². The van der Waals surface area contributed by atoms with Gasteiger partial charge in [-0.1, -0.05) is 89.1 Å². The first-order valence-corrected chi connectivity index (χ1v) is 15.1. The van der Waals surface area contributed by atoms with Crippen molar-refractivity contribution in [2.75, 3.05) is 0 Å². The van der Waals surface area contributed by atoms with E-state index < -0.39 is 0 Å². The summed E-state index contributed by atoms with van der Waals surface area (Å²) in [5.41, 5.74) is 21.3. The molecule has 0 bridgehead atoms. The number of allylic oxidation sites excluding steroid dienone is 2. The molecule has 1 aliphatic rings. The number of nitrogens with zero attached hydrogens (tertiary/aromatic N) is 2. The Labute approximate surface area is 255 Å². The Kier molecular flexibility index (Phi) is 20.9. The van der Waals surface area contributed by atoms with Crippen molar-refractivity contribution >= 4 is 11.4 Å². The molecule has 2 nitrogen and oxygen atoms in total. The van der Waals surface area contributed by atoms with Crippen LogP contribution >= 0.6 is 0 Å². The number of aryl methyl sites for hydroxylation is 2. The molecule has 218 valence electrons. The largest absolute Gasteiger partial charge is 2.00 e. The molecule has 2 aromatic carbocycles. The average Bonchev–Trinajstić information content (AvgIpc) is 3.23. The number of unbranched alkanes of at least 4 members (excludes halogenated alkanes) is 6. The predicted octanol–water partition coefficient (Wildman–Crippen LogP) is 11.7. The number of hydrogen-bond donors (Lipinski definition) is 0. The molecule has 39 heavy (non-hydrogen) atoms. The minimum atomic E-state index is 0. The molecule has 1 heterocycles. The summed E-state index contributed by atoms with van der Waals surface area (Å²) in [4.78, 5) is 0. The first kappa shape index (κ1) is 37.2. The van der Waals surface area contributed by atoms with Crippen LogP contribution in [0.2, 0.25) is 0 Å². The van der Waals surface area contributed by atoms with Crippen molar-refractivity contribution in [3.05, 3.63) is 101 Å². The van der Waals surface area contributed by atoms with Crippen LogP contribution in [0.4, 0.5) is 0 Å². The molecule has 0 saturated heterocycles. The minimum Gasteiger partial charge on any atom is -0.493 e. The van der Waals surface area contributed by atoms with Crippen molar-refractivity contribution in [2.24, 2.45) is 0 Å². The zero-order valence-electron chi connectivity index (χ0n) is 25.7. The maximum atomic E-state index is 11.7. The second kappa shape index (κ2) is 21.9. The van der Waals surface area contributed by atoms with E-state index in [0.717, 1.165) is 54.6 Å². The molecule has 0 aliphatic carbocycles. The van der Waals surface area contributed by atoms with Crippen LogP contribution in [-0.2, 0) is 26.8 Å². The van der Waals surface area contributed by atoms with Gasteiger partial charge >= 0.3 is 20.4 Å². The third-order valence-electron chi connectivity index (χ3n) is 6.98. The van der Waals surface area contributed by atoms with E-state index >= 15 is 0 Å². The number of benzene rings is 2. The molecule has 0 radical (unpaired) electrons. The van der Waals surface area contributed by atoms with Gasteiger partial charge in [-0.15, -0.1) is 0 Å². The molecule has 3 rings (SSSR count). The van der Waals surface area contributed by atoms with Crippen LogP contribution in [0.25, 0.3) is 16.9 Å². The van der Waals surface area contributed by atoms with Crippen molar-refractivity contribution in [3.63, 3.8) is 0 Å². The van der Waals surface area contributed by atoms with Gasteiger partial charge in [-0.05, 0) is 75.3 Å². The van der Waals surface area contributed by atoms with Crippen LogP contribution in [0.3, 0.4) is 0 Å². The molecule has 0 atom stereocenters. The van der Waals surface area contributed by atoms with E-state index in [4.69, 9.17) is 0 Å². The Morgan fingerprint density at radius 2 is 1.10 bits per heavy atom. The van der Waals surface area contributed by atoms with Gasteiger partial charge in [-0.3, -0.25) is 0 Å². The first-order chi connectivity index (χ1) is 18.6. The fourth-order valence-electron chi connectivity index (χ4n) is 5.11. The molecule has 0 fully saturated rings. The summed E-state index contributed by atoms with van der Waals surface area (Å²) in [6.07, 6.45) is 14.1. The van der Waals surface area contributed by atoms with E-state index in [9.17, 15) is 5.53 Å². The van der Waals surface area contributed by atoms with Gasteiger partial charge in [-0.25, -0.2) is 4.70 Å². The average molecular weight is 621 g/mol. The van der Waals surface area contributed by atoms with Crippen molar-refractivity contribution in [2.45, 2.75) is 119 Å². The fraction of sp³-hybridized carbons (Fsp3) is 0.500. The predicted molar refractivity (Wildman–Crippen MR) is 169 cm³/mol. The van der Waals surface area contributed by atoms with Crippen LogP contribution in [0, 0.1) is 20.8 Å². The summed E-state index contributed by atoms with van der Waals surface area (Å²) in [6, 6.07) is 17.5. The van der Waals surface area contributed by atoms with Gasteiger partial charge < -0.3 is 19.4 Å². The molecule has 0 aromatic heterocycles. The quantitative estimate of drug-likeness (QED) is 0.0869. The Hall–Kier alpha value is -1.82. The van der Waals surface area contributed by atoms with E-state index in [1.165, 1.54) is 71.9 Å². The topological polar surface area (TPSA) is 25.3 Å². The molecule has 0 amide bonds. The van der Waals surface area contributed by atoms with E-state index in [-0.39, 0.29) is 20.4 Å². The van der Waals surface area contributed by atoms with E-state index in [1.807, 2.05) is 0 Å². The summed E-state index contributed by atoms with van der Waals surface area (Å²) < 4.78 is 1.53. The maximum Gasteiger partial charge on any atom is 2.00 e. The summed E-state index contributed by atoms with van der Waals surface area (Å²) in [5, 5.41) is 0. The van der Waals surface area contributed by atoms with Crippen LogP contribution in [-0.4, -0.2) is 4.70 Å². The van der Waals surface area contributed by atoms with Crippen molar-refractivity contribution < 1.29 is 25.1 Å². The Morgan fingerprint density at radius 1 is 0.615 bits per heavy atom. The summed E-state index contributed by atoms with van der Waals surface area (Å²) in [6.45, 7) is 18.9. The fourth-order valence-corrected chi connectivity index (χ4v) is 5.11. The molecule has 3 heteroatoms. The van der Waals surface area contributed by atoms with Gasteiger partial charge in [0.05, 0.1) is 0 Å². The van der Waals surface area contributed by atoms with Gasteiger partial charge in [-0.2, -0.15) is 13.8 Å². The summed E-state index contributed by atoms with van der Waals surface area (Å²) in [7, 11) is 0. The summed E-state index contributed by atoms with van der Waals surface area (Å²) in [5.74, 6) is 0. The monoisotopic (exact) mass is 620 g/mol. The second-order valence-corrected chi connectivity index (χ2v) is 9.91. The molecule has 0 unspecified atom stereocenters. The van der Waals surface area contributed by atoms with Gasteiger partial charge in [0, 0.05) is 22.3 Å². The SMILES string of the molecule is CCCCCCC1=C(c2cccc(C)c2)[N+](=[N-])C(c2cccc(CCCCC)c2)=C1CCCC.[CH2-]C.[CH2-]C.[Pd+2]. The van der Waals surface area contributed by atoms with Crippen LogP contribution in [0.5, 0.6) is 0 Å². The van der Waals surface area contributed by atoms with Crippen LogP contribution < -0.4 is 0 Å². The third kappa shape index (κ3) is 11.3. The maximum absolute atomic E-state index is 11.7. The molecule has 1 aliphatic heterocycles. The Balaban J connectivity index is 0.00000276. The Bertz CT molecular complexity index is 1030. The van der Waals surface area contributed by atoms with Crippen LogP contribution in [0.1, 0.15) is 128 Å². The molecular formula is C36H54N2Pd. The smallest absolute Gasteiger partial charge is 0.493 e. The van der Waals surface area contributed by atoms with Crippen molar-refractivity contribution in [1.82, 2.24) is 0 Å². The van der Waals surface area contributed by atoms with E-state index in [0.29, 0.717) is 0 Å². The van der Waals surface area contributed by atoms with Crippen molar-refractivity contribution in [1.29, 1.82) is 0 Å².